The highest BCUT2D eigenvalue weighted by Gasteiger charge is 2.31. The Morgan fingerprint density at radius 3 is 2.18 bits per heavy atom. The second-order valence-corrected chi connectivity index (χ2v) is 8.94. The maximum absolute atomic E-state index is 12.6. The van der Waals surface area contributed by atoms with Gasteiger partial charge in [0.1, 0.15) is 0 Å². The molecule has 0 aromatic heterocycles. The standard InChI is InChI=1S/C20H22N2O5S/c1-22(2)28(25,26)17-12-8-15(9-13-17)20(24)27-18(14-6-4-3-5-7-14)19(23)21-16-10-11-16/h3-9,12-13,16,18H,10-11H2,1-2H3,(H,21,23)/t18-/m0/s1. The van der Waals surface area contributed by atoms with Crippen molar-refractivity contribution in [3.05, 3.63) is 65.7 Å². The van der Waals surface area contributed by atoms with Crippen LogP contribution >= 0.6 is 0 Å². The third kappa shape index (κ3) is 4.58. The Balaban J connectivity index is 1.79. The summed E-state index contributed by atoms with van der Waals surface area (Å²) in [6.45, 7) is 0. The van der Waals surface area contributed by atoms with Crippen molar-refractivity contribution in [1.29, 1.82) is 0 Å². The van der Waals surface area contributed by atoms with Crippen molar-refractivity contribution in [3.63, 3.8) is 0 Å². The molecule has 0 heterocycles. The summed E-state index contributed by atoms with van der Waals surface area (Å²) in [6, 6.07) is 14.3. The fraction of sp³-hybridized carbons (Fsp3) is 0.300. The highest BCUT2D eigenvalue weighted by Crippen LogP contribution is 2.24. The molecule has 28 heavy (non-hydrogen) atoms. The quantitative estimate of drug-likeness (QED) is 0.716. The van der Waals surface area contributed by atoms with E-state index in [2.05, 4.69) is 5.32 Å². The van der Waals surface area contributed by atoms with Gasteiger partial charge in [-0.25, -0.2) is 17.5 Å². The molecule has 1 N–H and O–H groups in total. The Kier molecular flexibility index (Phi) is 5.81. The number of hydrogen-bond donors (Lipinski definition) is 1. The van der Waals surface area contributed by atoms with Crippen LogP contribution < -0.4 is 5.32 Å². The molecule has 1 aliphatic carbocycles. The predicted octanol–water partition coefficient (Wildman–Crippen LogP) is 2.11. The number of ether oxygens (including phenoxy) is 1. The molecular formula is C20H22N2O5S. The second kappa shape index (κ2) is 8.12. The Labute approximate surface area is 164 Å². The van der Waals surface area contributed by atoms with Crippen molar-refractivity contribution >= 4 is 21.9 Å². The zero-order valence-corrected chi connectivity index (χ0v) is 16.5. The molecule has 1 atom stereocenters. The van der Waals surface area contributed by atoms with Crippen LogP contribution in [0.4, 0.5) is 0 Å². The van der Waals surface area contributed by atoms with Crippen LogP contribution in [-0.2, 0) is 19.6 Å². The molecule has 3 rings (SSSR count). The second-order valence-electron chi connectivity index (χ2n) is 6.79. The van der Waals surface area contributed by atoms with Crippen molar-refractivity contribution in [3.8, 4) is 0 Å². The van der Waals surface area contributed by atoms with E-state index in [1.54, 1.807) is 24.3 Å². The summed E-state index contributed by atoms with van der Waals surface area (Å²) in [5.74, 6) is -1.07. The number of sulfonamides is 1. The van der Waals surface area contributed by atoms with E-state index in [0.29, 0.717) is 5.56 Å². The van der Waals surface area contributed by atoms with Gasteiger partial charge in [0.05, 0.1) is 10.5 Å². The van der Waals surface area contributed by atoms with E-state index in [1.165, 1.54) is 38.4 Å². The van der Waals surface area contributed by atoms with Gasteiger partial charge in [0, 0.05) is 25.7 Å². The summed E-state index contributed by atoms with van der Waals surface area (Å²) in [5.41, 5.74) is 0.735. The van der Waals surface area contributed by atoms with Crippen molar-refractivity contribution in [2.24, 2.45) is 0 Å². The summed E-state index contributed by atoms with van der Waals surface area (Å²) >= 11 is 0. The maximum atomic E-state index is 12.6. The van der Waals surface area contributed by atoms with Gasteiger partial charge < -0.3 is 10.1 Å². The molecule has 0 radical (unpaired) electrons. The van der Waals surface area contributed by atoms with Gasteiger partial charge in [-0.15, -0.1) is 0 Å². The fourth-order valence-corrected chi connectivity index (χ4v) is 3.46. The normalized spacial score (nSPS) is 15.1. The Bertz CT molecular complexity index is 952. The summed E-state index contributed by atoms with van der Waals surface area (Å²) in [5, 5.41) is 2.85. The molecular weight excluding hydrogens is 380 g/mol. The number of nitrogens with zero attached hydrogens (tertiary/aromatic N) is 1. The van der Waals surface area contributed by atoms with Crippen molar-refractivity contribution in [1.82, 2.24) is 9.62 Å². The van der Waals surface area contributed by atoms with Crippen LogP contribution in [0.1, 0.15) is 34.9 Å². The van der Waals surface area contributed by atoms with Gasteiger partial charge in [0.15, 0.2) is 0 Å². The number of nitrogens with one attached hydrogen (secondary N) is 1. The van der Waals surface area contributed by atoms with Crippen molar-refractivity contribution in [2.75, 3.05) is 14.1 Å². The van der Waals surface area contributed by atoms with Gasteiger partial charge in [0.25, 0.3) is 5.91 Å². The SMILES string of the molecule is CN(C)S(=O)(=O)c1ccc(C(=O)O[C@H](C(=O)NC2CC2)c2ccccc2)cc1. The van der Waals surface area contributed by atoms with Gasteiger partial charge in [-0.05, 0) is 37.1 Å². The van der Waals surface area contributed by atoms with Crippen LogP contribution in [0, 0.1) is 0 Å². The van der Waals surface area contributed by atoms with E-state index >= 15 is 0 Å². The largest absolute Gasteiger partial charge is 0.444 e. The van der Waals surface area contributed by atoms with Crippen LogP contribution in [0.2, 0.25) is 0 Å². The van der Waals surface area contributed by atoms with Crippen molar-refractivity contribution < 1.29 is 22.7 Å². The van der Waals surface area contributed by atoms with Gasteiger partial charge in [-0.1, -0.05) is 30.3 Å². The summed E-state index contributed by atoms with van der Waals surface area (Å²) in [4.78, 5) is 25.2. The lowest BCUT2D eigenvalue weighted by Crippen LogP contribution is -2.33. The minimum absolute atomic E-state index is 0.0696. The molecule has 0 spiro atoms. The molecule has 148 valence electrons. The number of carbonyl (C=O) groups is 2. The first-order valence-electron chi connectivity index (χ1n) is 8.88. The Morgan fingerprint density at radius 2 is 1.64 bits per heavy atom. The zero-order valence-electron chi connectivity index (χ0n) is 15.7. The van der Waals surface area contributed by atoms with Crippen LogP contribution in [-0.4, -0.2) is 44.7 Å². The first-order chi connectivity index (χ1) is 13.3. The van der Waals surface area contributed by atoms with Crippen LogP contribution in [0.15, 0.2) is 59.5 Å². The van der Waals surface area contributed by atoms with Gasteiger partial charge in [0.2, 0.25) is 16.1 Å². The number of hydrogen-bond acceptors (Lipinski definition) is 5. The average molecular weight is 402 g/mol. The lowest BCUT2D eigenvalue weighted by molar-refractivity contribution is -0.130. The lowest BCUT2D eigenvalue weighted by atomic mass is 10.1. The number of benzene rings is 2. The number of carbonyl (C=O) groups excluding carboxylic acids is 2. The number of amides is 1. The van der Waals surface area contributed by atoms with Crippen LogP contribution in [0.3, 0.4) is 0 Å². The molecule has 0 unspecified atom stereocenters. The lowest BCUT2D eigenvalue weighted by Gasteiger charge is -2.18. The molecule has 0 aliphatic heterocycles. The highest BCUT2D eigenvalue weighted by atomic mass is 32.2. The number of esters is 1. The van der Waals surface area contributed by atoms with E-state index in [0.717, 1.165) is 17.1 Å². The molecule has 1 fully saturated rings. The Hall–Kier alpha value is -2.71. The summed E-state index contributed by atoms with van der Waals surface area (Å²) in [6.07, 6.45) is 0.769. The van der Waals surface area contributed by atoms with Gasteiger partial charge in [-0.3, -0.25) is 4.79 Å². The molecule has 1 aliphatic rings. The first-order valence-corrected chi connectivity index (χ1v) is 10.3. The minimum Gasteiger partial charge on any atom is -0.444 e. The summed E-state index contributed by atoms with van der Waals surface area (Å²) < 4.78 is 30.8. The predicted molar refractivity (Wildman–Crippen MR) is 103 cm³/mol. The molecule has 1 saturated carbocycles. The molecule has 1 amide bonds. The smallest absolute Gasteiger partial charge is 0.339 e. The Morgan fingerprint density at radius 1 is 1.04 bits per heavy atom. The van der Waals surface area contributed by atoms with E-state index in [9.17, 15) is 18.0 Å². The molecule has 7 nitrogen and oxygen atoms in total. The highest BCUT2D eigenvalue weighted by molar-refractivity contribution is 7.89. The van der Waals surface area contributed by atoms with E-state index in [-0.39, 0.29) is 22.4 Å². The maximum Gasteiger partial charge on any atom is 0.339 e. The van der Waals surface area contributed by atoms with Gasteiger partial charge >= 0.3 is 5.97 Å². The molecule has 2 aromatic rings. The molecule has 0 bridgehead atoms. The van der Waals surface area contributed by atoms with Crippen molar-refractivity contribution in [2.45, 2.75) is 29.9 Å². The zero-order chi connectivity index (χ0) is 20.3. The first kappa shape index (κ1) is 20.0. The van der Waals surface area contributed by atoms with E-state index in [4.69, 9.17) is 4.74 Å². The van der Waals surface area contributed by atoms with Gasteiger partial charge in [-0.2, -0.15) is 0 Å². The van der Waals surface area contributed by atoms with E-state index in [1.807, 2.05) is 6.07 Å². The van der Waals surface area contributed by atoms with Crippen LogP contribution in [0.5, 0.6) is 0 Å². The van der Waals surface area contributed by atoms with Crippen LogP contribution in [0.25, 0.3) is 0 Å². The average Bonchev–Trinajstić information content (AvgIpc) is 3.50. The molecule has 2 aromatic carbocycles. The third-order valence-corrected chi connectivity index (χ3v) is 6.19. The fourth-order valence-electron chi connectivity index (χ4n) is 2.55. The topological polar surface area (TPSA) is 92.8 Å². The van der Waals surface area contributed by atoms with E-state index < -0.39 is 22.1 Å². The molecule has 8 heteroatoms. The molecule has 0 saturated heterocycles. The third-order valence-electron chi connectivity index (χ3n) is 4.36. The number of rotatable bonds is 7. The monoisotopic (exact) mass is 402 g/mol. The summed E-state index contributed by atoms with van der Waals surface area (Å²) in [7, 11) is -0.726. The minimum atomic E-state index is -3.59.